The molecule has 3 atom stereocenters. The standard InChI is InChI=1S/C10H17NO/c1-9(2)6-4-5-10(9,3)8(12)7(6)11/h6-7H,4-5,11H2,1-3H3/t6?,7-,10?/m0/s1. The highest BCUT2D eigenvalue weighted by atomic mass is 16.1. The summed E-state index contributed by atoms with van der Waals surface area (Å²) in [4.78, 5) is 11.8. The monoisotopic (exact) mass is 167 g/mol. The van der Waals surface area contributed by atoms with E-state index in [1.165, 1.54) is 0 Å². The average molecular weight is 167 g/mol. The molecule has 0 saturated heterocycles. The zero-order valence-corrected chi connectivity index (χ0v) is 8.05. The minimum Gasteiger partial charge on any atom is -0.321 e. The minimum atomic E-state index is -0.182. The van der Waals surface area contributed by atoms with E-state index in [1.54, 1.807) is 0 Å². The summed E-state index contributed by atoms with van der Waals surface area (Å²) < 4.78 is 0. The Morgan fingerprint density at radius 3 is 2.25 bits per heavy atom. The van der Waals surface area contributed by atoms with Crippen LogP contribution in [0.15, 0.2) is 0 Å². The lowest BCUT2D eigenvalue weighted by Crippen LogP contribution is -2.39. The van der Waals surface area contributed by atoms with Crippen molar-refractivity contribution in [2.75, 3.05) is 0 Å². The van der Waals surface area contributed by atoms with Crippen molar-refractivity contribution >= 4 is 5.78 Å². The summed E-state index contributed by atoms with van der Waals surface area (Å²) >= 11 is 0. The van der Waals surface area contributed by atoms with Gasteiger partial charge in [-0.2, -0.15) is 0 Å². The molecule has 2 heteroatoms. The first-order chi connectivity index (χ1) is 5.41. The molecule has 2 aliphatic carbocycles. The van der Waals surface area contributed by atoms with Gasteiger partial charge in [0, 0.05) is 5.41 Å². The smallest absolute Gasteiger partial charge is 0.156 e. The van der Waals surface area contributed by atoms with E-state index in [1.807, 2.05) is 0 Å². The van der Waals surface area contributed by atoms with Crippen molar-refractivity contribution in [3.63, 3.8) is 0 Å². The molecule has 2 nitrogen and oxygen atoms in total. The van der Waals surface area contributed by atoms with Crippen LogP contribution in [0.3, 0.4) is 0 Å². The number of Topliss-reactive ketones (excluding diaryl/α,β-unsaturated/α-hetero) is 1. The fraction of sp³-hybridized carbons (Fsp3) is 0.900. The molecular formula is C10H17NO. The highest BCUT2D eigenvalue weighted by molar-refractivity contribution is 5.94. The average Bonchev–Trinajstić information content (AvgIpc) is 2.26. The molecule has 68 valence electrons. The molecule has 0 amide bonds. The molecule has 2 N–H and O–H groups in total. The van der Waals surface area contributed by atoms with Crippen LogP contribution in [-0.2, 0) is 4.79 Å². The first-order valence-corrected chi connectivity index (χ1v) is 4.71. The predicted molar refractivity (Wildman–Crippen MR) is 47.6 cm³/mol. The largest absolute Gasteiger partial charge is 0.321 e. The maximum Gasteiger partial charge on any atom is 0.156 e. The molecule has 0 aromatic carbocycles. The van der Waals surface area contributed by atoms with E-state index in [0.717, 1.165) is 12.8 Å². The van der Waals surface area contributed by atoms with Crippen molar-refractivity contribution in [3.05, 3.63) is 0 Å². The lowest BCUT2D eigenvalue weighted by atomic mass is 9.70. The second kappa shape index (κ2) is 1.92. The van der Waals surface area contributed by atoms with Crippen LogP contribution >= 0.6 is 0 Å². The number of nitrogens with two attached hydrogens (primary N) is 1. The third-order valence-corrected chi connectivity index (χ3v) is 4.58. The third kappa shape index (κ3) is 0.598. The highest BCUT2D eigenvalue weighted by Gasteiger charge is 2.65. The van der Waals surface area contributed by atoms with Gasteiger partial charge in [0.05, 0.1) is 6.04 Å². The first-order valence-electron chi connectivity index (χ1n) is 4.71. The number of carbonyl (C=O) groups excluding carboxylic acids is 1. The fourth-order valence-electron chi connectivity index (χ4n) is 3.16. The van der Waals surface area contributed by atoms with Crippen LogP contribution in [0.4, 0.5) is 0 Å². The van der Waals surface area contributed by atoms with Crippen LogP contribution in [0.2, 0.25) is 0 Å². The number of fused-ring (bicyclic) bond motifs is 2. The molecule has 2 saturated carbocycles. The molecule has 12 heavy (non-hydrogen) atoms. The van der Waals surface area contributed by atoms with Crippen LogP contribution in [0.25, 0.3) is 0 Å². The topological polar surface area (TPSA) is 43.1 Å². The lowest BCUT2D eigenvalue weighted by molar-refractivity contribution is -0.129. The van der Waals surface area contributed by atoms with E-state index in [-0.39, 0.29) is 16.9 Å². The predicted octanol–water partition coefficient (Wildman–Crippen LogP) is 1.34. The van der Waals surface area contributed by atoms with Crippen LogP contribution in [0.5, 0.6) is 0 Å². The van der Waals surface area contributed by atoms with Gasteiger partial charge in [0.1, 0.15) is 0 Å². The van der Waals surface area contributed by atoms with Crippen LogP contribution in [0, 0.1) is 16.7 Å². The number of rotatable bonds is 0. The summed E-state index contributed by atoms with van der Waals surface area (Å²) in [6.07, 6.45) is 2.17. The second-order valence-corrected chi connectivity index (χ2v) is 5.09. The maximum absolute atomic E-state index is 11.8. The number of ketones is 1. The lowest BCUT2D eigenvalue weighted by Gasteiger charge is -2.32. The summed E-state index contributed by atoms with van der Waals surface area (Å²) in [5, 5.41) is 0. The summed E-state index contributed by atoms with van der Waals surface area (Å²) in [5.41, 5.74) is 5.88. The minimum absolute atomic E-state index is 0.128. The molecule has 0 aliphatic heterocycles. The second-order valence-electron chi connectivity index (χ2n) is 5.09. The Balaban J connectivity index is 2.50. The van der Waals surface area contributed by atoms with Crippen molar-refractivity contribution in [2.45, 2.75) is 39.7 Å². The van der Waals surface area contributed by atoms with Crippen molar-refractivity contribution in [2.24, 2.45) is 22.5 Å². The Kier molecular flexibility index (Phi) is 1.32. The van der Waals surface area contributed by atoms with Crippen molar-refractivity contribution in [1.29, 1.82) is 0 Å². The molecule has 0 aromatic heterocycles. The van der Waals surface area contributed by atoms with Gasteiger partial charge >= 0.3 is 0 Å². The normalized spacial score (nSPS) is 50.2. The maximum atomic E-state index is 11.8. The van der Waals surface area contributed by atoms with E-state index in [9.17, 15) is 4.79 Å². The van der Waals surface area contributed by atoms with Gasteiger partial charge in [-0.25, -0.2) is 0 Å². The zero-order chi connectivity index (χ0) is 9.15. The van der Waals surface area contributed by atoms with Crippen LogP contribution in [0.1, 0.15) is 33.6 Å². The molecule has 0 spiro atoms. The van der Waals surface area contributed by atoms with Crippen molar-refractivity contribution in [3.8, 4) is 0 Å². The molecule has 2 unspecified atom stereocenters. The Hall–Kier alpha value is -0.370. The van der Waals surface area contributed by atoms with Gasteiger partial charge in [0.15, 0.2) is 5.78 Å². The molecule has 0 aromatic rings. The quantitative estimate of drug-likeness (QED) is 0.591. The van der Waals surface area contributed by atoms with E-state index in [4.69, 9.17) is 5.73 Å². The van der Waals surface area contributed by atoms with E-state index in [2.05, 4.69) is 20.8 Å². The summed E-state index contributed by atoms with van der Waals surface area (Å²) in [7, 11) is 0. The first kappa shape index (κ1) is 8.24. The van der Waals surface area contributed by atoms with Gasteiger partial charge in [0.25, 0.3) is 0 Å². The van der Waals surface area contributed by atoms with Crippen LogP contribution < -0.4 is 5.73 Å². The van der Waals surface area contributed by atoms with Gasteiger partial charge in [0.2, 0.25) is 0 Å². The number of hydrogen-bond donors (Lipinski definition) is 1. The Labute approximate surface area is 73.5 Å². The van der Waals surface area contributed by atoms with Crippen molar-refractivity contribution in [1.82, 2.24) is 0 Å². The van der Waals surface area contributed by atoms with Gasteiger partial charge < -0.3 is 5.73 Å². The van der Waals surface area contributed by atoms with E-state index >= 15 is 0 Å². The van der Waals surface area contributed by atoms with Crippen LogP contribution in [-0.4, -0.2) is 11.8 Å². The molecule has 2 rings (SSSR count). The Morgan fingerprint density at radius 2 is 2.00 bits per heavy atom. The van der Waals surface area contributed by atoms with E-state index < -0.39 is 0 Å². The van der Waals surface area contributed by atoms with E-state index in [0.29, 0.717) is 11.7 Å². The van der Waals surface area contributed by atoms with Gasteiger partial charge in [-0.1, -0.05) is 20.8 Å². The SMILES string of the molecule is CC12CCC([C@H](N)C1=O)C2(C)C. The molecule has 0 radical (unpaired) electrons. The Morgan fingerprint density at radius 1 is 1.42 bits per heavy atom. The molecular weight excluding hydrogens is 150 g/mol. The molecule has 2 bridgehead atoms. The summed E-state index contributed by atoms with van der Waals surface area (Å²) in [6.45, 7) is 6.47. The summed E-state index contributed by atoms with van der Waals surface area (Å²) in [6, 6.07) is -0.182. The molecule has 0 heterocycles. The van der Waals surface area contributed by atoms with Gasteiger partial charge in [-0.05, 0) is 24.2 Å². The number of hydrogen-bond acceptors (Lipinski definition) is 2. The van der Waals surface area contributed by atoms with Crippen molar-refractivity contribution < 1.29 is 4.79 Å². The fourth-order valence-corrected chi connectivity index (χ4v) is 3.16. The number of carbonyl (C=O) groups is 1. The molecule has 2 aliphatic rings. The third-order valence-electron chi connectivity index (χ3n) is 4.58. The molecule has 2 fully saturated rings. The van der Waals surface area contributed by atoms with Gasteiger partial charge in [-0.15, -0.1) is 0 Å². The summed E-state index contributed by atoms with van der Waals surface area (Å²) in [5.74, 6) is 0.721. The highest BCUT2D eigenvalue weighted by Crippen LogP contribution is 2.62. The zero-order valence-electron chi connectivity index (χ0n) is 8.05. The Bertz CT molecular complexity index is 246. The van der Waals surface area contributed by atoms with Gasteiger partial charge in [-0.3, -0.25) is 4.79 Å².